The van der Waals surface area contributed by atoms with Gasteiger partial charge in [-0.15, -0.1) is 0 Å². The highest BCUT2D eigenvalue weighted by Crippen LogP contribution is 2.25. The fourth-order valence-corrected chi connectivity index (χ4v) is 3.67. The van der Waals surface area contributed by atoms with Crippen LogP contribution in [0.2, 0.25) is 0 Å². The number of hydrogen-bond donors (Lipinski definition) is 2. The molecular weight excluding hydrogens is 392 g/mol. The number of hydrogen-bond acceptors (Lipinski definition) is 4. The first-order valence-corrected chi connectivity index (χ1v) is 9.44. The van der Waals surface area contributed by atoms with Crippen LogP contribution in [0.3, 0.4) is 0 Å². The van der Waals surface area contributed by atoms with Gasteiger partial charge in [-0.3, -0.25) is 9.59 Å². The van der Waals surface area contributed by atoms with Gasteiger partial charge < -0.3 is 11.1 Å². The molecule has 0 unspecified atom stereocenters. The second-order valence-electron chi connectivity index (χ2n) is 6.33. The number of sulfonamides is 1. The molecule has 2 aromatic carbocycles. The first-order chi connectivity index (χ1) is 12.9. The molecule has 0 saturated carbocycles. The molecule has 0 aliphatic rings. The van der Waals surface area contributed by atoms with Gasteiger partial charge in [0.15, 0.2) is 0 Å². The molecule has 0 heterocycles. The van der Waals surface area contributed by atoms with Crippen LogP contribution in [0.1, 0.15) is 31.8 Å². The number of nitrogens with zero attached hydrogens (tertiary/aromatic N) is 1. The number of halogens is 2. The summed E-state index contributed by atoms with van der Waals surface area (Å²) >= 11 is 0. The molecule has 0 radical (unpaired) electrons. The second-order valence-corrected chi connectivity index (χ2v) is 8.45. The van der Waals surface area contributed by atoms with Gasteiger partial charge in [0.25, 0.3) is 11.8 Å². The van der Waals surface area contributed by atoms with Crippen molar-refractivity contribution in [1.82, 2.24) is 4.31 Å². The van der Waals surface area contributed by atoms with Crippen LogP contribution < -0.4 is 11.1 Å². The number of carbonyl (C=O) groups is 2. The van der Waals surface area contributed by atoms with Crippen LogP contribution in [0, 0.1) is 25.5 Å². The van der Waals surface area contributed by atoms with E-state index in [0.717, 1.165) is 10.4 Å². The summed E-state index contributed by atoms with van der Waals surface area (Å²) in [5.74, 6) is -4.23. The van der Waals surface area contributed by atoms with Crippen molar-refractivity contribution < 1.29 is 26.8 Å². The standard InChI is InChI=1S/C18H19F2N3O4S/c1-9-5-11(6-16(10(9)2)28(26,27)23(3)4)18(25)22-15-7-12(17(21)24)13(19)8-14(15)20/h5-8H,1-4H3,(H2,21,24)(H,22,25). The van der Waals surface area contributed by atoms with Crippen molar-refractivity contribution in [2.24, 2.45) is 5.73 Å². The summed E-state index contributed by atoms with van der Waals surface area (Å²) in [5, 5.41) is 2.21. The monoisotopic (exact) mass is 411 g/mol. The van der Waals surface area contributed by atoms with Crippen LogP contribution in [-0.2, 0) is 10.0 Å². The molecule has 0 aliphatic heterocycles. The molecule has 150 valence electrons. The van der Waals surface area contributed by atoms with E-state index in [1.165, 1.54) is 26.2 Å². The average Bonchev–Trinajstić information content (AvgIpc) is 2.58. The molecule has 10 heteroatoms. The molecule has 0 spiro atoms. The van der Waals surface area contributed by atoms with Gasteiger partial charge in [-0.2, -0.15) is 0 Å². The van der Waals surface area contributed by atoms with E-state index in [2.05, 4.69) is 5.32 Å². The smallest absolute Gasteiger partial charge is 0.255 e. The predicted octanol–water partition coefficient (Wildman–Crippen LogP) is 2.18. The van der Waals surface area contributed by atoms with E-state index in [0.29, 0.717) is 17.2 Å². The minimum atomic E-state index is -3.82. The third-order valence-electron chi connectivity index (χ3n) is 4.21. The van der Waals surface area contributed by atoms with Crippen LogP contribution in [0.4, 0.5) is 14.5 Å². The summed E-state index contributed by atoms with van der Waals surface area (Å²) in [7, 11) is -1.11. The van der Waals surface area contributed by atoms with E-state index in [-0.39, 0.29) is 10.5 Å². The molecule has 0 fully saturated rings. The Morgan fingerprint density at radius 3 is 2.18 bits per heavy atom. The molecule has 0 saturated heterocycles. The molecule has 0 bridgehead atoms. The molecule has 2 amide bonds. The molecule has 0 aromatic heterocycles. The minimum Gasteiger partial charge on any atom is -0.366 e. The lowest BCUT2D eigenvalue weighted by Gasteiger charge is -2.17. The highest BCUT2D eigenvalue weighted by molar-refractivity contribution is 7.89. The van der Waals surface area contributed by atoms with Gasteiger partial charge in [0.05, 0.1) is 16.1 Å². The number of primary amides is 1. The Morgan fingerprint density at radius 1 is 1.04 bits per heavy atom. The average molecular weight is 411 g/mol. The SMILES string of the molecule is Cc1cc(C(=O)Nc2cc(C(N)=O)c(F)cc2F)cc(S(=O)(=O)N(C)C)c1C. The topological polar surface area (TPSA) is 110 Å². The summed E-state index contributed by atoms with van der Waals surface area (Å²) in [6.45, 7) is 3.23. The third kappa shape index (κ3) is 4.02. The van der Waals surface area contributed by atoms with Crippen molar-refractivity contribution in [3.05, 3.63) is 58.2 Å². The van der Waals surface area contributed by atoms with Crippen molar-refractivity contribution in [2.75, 3.05) is 19.4 Å². The van der Waals surface area contributed by atoms with Gasteiger partial charge in [0, 0.05) is 25.7 Å². The van der Waals surface area contributed by atoms with Crippen molar-refractivity contribution in [1.29, 1.82) is 0 Å². The summed E-state index contributed by atoms with van der Waals surface area (Å²) in [4.78, 5) is 23.7. The van der Waals surface area contributed by atoms with E-state index in [1.807, 2.05) is 0 Å². The van der Waals surface area contributed by atoms with E-state index in [9.17, 15) is 26.8 Å². The maximum absolute atomic E-state index is 14.0. The Labute approximate surface area is 161 Å². The van der Waals surface area contributed by atoms with Crippen molar-refractivity contribution >= 4 is 27.5 Å². The maximum Gasteiger partial charge on any atom is 0.255 e. The quantitative estimate of drug-likeness (QED) is 0.786. The van der Waals surface area contributed by atoms with Gasteiger partial charge in [0.2, 0.25) is 10.0 Å². The number of nitrogens with one attached hydrogen (secondary N) is 1. The summed E-state index contributed by atoms with van der Waals surface area (Å²) in [6.07, 6.45) is 0. The Hall–Kier alpha value is -2.85. The van der Waals surface area contributed by atoms with Crippen molar-refractivity contribution in [3.63, 3.8) is 0 Å². The maximum atomic E-state index is 14.0. The van der Waals surface area contributed by atoms with Crippen LogP contribution in [0.25, 0.3) is 0 Å². The first kappa shape index (κ1) is 21.5. The van der Waals surface area contributed by atoms with Gasteiger partial charge >= 0.3 is 0 Å². The predicted molar refractivity (Wildman–Crippen MR) is 99.6 cm³/mol. The lowest BCUT2D eigenvalue weighted by molar-refractivity contribution is 0.0992. The van der Waals surface area contributed by atoms with E-state index >= 15 is 0 Å². The molecule has 0 atom stereocenters. The normalized spacial score (nSPS) is 11.5. The van der Waals surface area contributed by atoms with Gasteiger partial charge in [-0.25, -0.2) is 21.5 Å². The number of rotatable bonds is 5. The third-order valence-corrected chi connectivity index (χ3v) is 6.15. The van der Waals surface area contributed by atoms with Crippen LogP contribution >= 0.6 is 0 Å². The lowest BCUT2D eigenvalue weighted by Crippen LogP contribution is -2.24. The van der Waals surface area contributed by atoms with E-state index in [1.54, 1.807) is 13.8 Å². The largest absolute Gasteiger partial charge is 0.366 e. The fourth-order valence-electron chi connectivity index (χ4n) is 2.45. The summed E-state index contributed by atoms with van der Waals surface area (Å²) in [5.41, 5.74) is 4.92. The number of anilines is 1. The molecule has 2 rings (SSSR count). The van der Waals surface area contributed by atoms with Crippen LogP contribution in [0.5, 0.6) is 0 Å². The van der Waals surface area contributed by atoms with Gasteiger partial charge in [0.1, 0.15) is 11.6 Å². The van der Waals surface area contributed by atoms with Crippen molar-refractivity contribution in [2.45, 2.75) is 18.7 Å². The molecular formula is C18H19F2N3O4S. The molecule has 7 nitrogen and oxygen atoms in total. The Morgan fingerprint density at radius 2 is 1.64 bits per heavy atom. The zero-order chi connectivity index (χ0) is 21.4. The molecule has 28 heavy (non-hydrogen) atoms. The molecule has 3 N–H and O–H groups in total. The number of benzene rings is 2. The van der Waals surface area contributed by atoms with Crippen LogP contribution in [-0.4, -0.2) is 38.6 Å². The minimum absolute atomic E-state index is 0.0483. The summed E-state index contributed by atoms with van der Waals surface area (Å²) < 4.78 is 53.5. The van der Waals surface area contributed by atoms with Crippen LogP contribution in [0.15, 0.2) is 29.2 Å². The molecule has 0 aliphatic carbocycles. The number of carbonyl (C=O) groups excluding carboxylic acids is 2. The van der Waals surface area contributed by atoms with E-state index in [4.69, 9.17) is 5.73 Å². The molecule has 2 aromatic rings. The van der Waals surface area contributed by atoms with E-state index < -0.39 is 44.7 Å². The zero-order valence-electron chi connectivity index (χ0n) is 15.6. The van der Waals surface area contributed by atoms with Gasteiger partial charge in [-0.1, -0.05) is 0 Å². The number of nitrogens with two attached hydrogens (primary N) is 1. The lowest BCUT2D eigenvalue weighted by atomic mass is 10.1. The highest BCUT2D eigenvalue weighted by Gasteiger charge is 2.23. The Bertz CT molecular complexity index is 1080. The Balaban J connectivity index is 2.51. The first-order valence-electron chi connectivity index (χ1n) is 8.00. The fraction of sp³-hybridized carbons (Fsp3) is 0.222. The number of amides is 2. The highest BCUT2D eigenvalue weighted by atomic mass is 32.2. The Kier molecular flexibility index (Phi) is 5.86. The second kappa shape index (κ2) is 7.64. The van der Waals surface area contributed by atoms with Crippen molar-refractivity contribution in [3.8, 4) is 0 Å². The zero-order valence-corrected chi connectivity index (χ0v) is 16.4. The number of aryl methyl sites for hydroxylation is 1. The van der Waals surface area contributed by atoms with Gasteiger partial charge in [-0.05, 0) is 43.2 Å². The summed E-state index contributed by atoms with van der Waals surface area (Å²) in [6, 6.07) is 3.82.